The van der Waals surface area contributed by atoms with E-state index in [-0.39, 0.29) is 0 Å². The van der Waals surface area contributed by atoms with E-state index < -0.39 is 0 Å². The van der Waals surface area contributed by atoms with Gasteiger partial charge in [0.05, 0.1) is 24.6 Å². The summed E-state index contributed by atoms with van der Waals surface area (Å²) in [5.41, 5.74) is 4.27. The normalized spacial score (nSPS) is 10.7. The lowest BCUT2D eigenvalue weighted by Gasteiger charge is -2.10. The monoisotopic (exact) mass is 315 g/mol. The SMILES string of the molecule is COc1ccc(-c2nc3[nH]ncc3c(-c3ccc[nH]3)c2C#N)cc1. The van der Waals surface area contributed by atoms with E-state index in [0.717, 1.165) is 28.0 Å². The number of fused-ring (bicyclic) bond motifs is 1. The number of pyridine rings is 1. The second-order valence-electron chi connectivity index (χ2n) is 5.27. The summed E-state index contributed by atoms with van der Waals surface area (Å²) < 4.78 is 5.20. The minimum Gasteiger partial charge on any atom is -0.497 e. The molecule has 2 N–H and O–H groups in total. The van der Waals surface area contributed by atoms with Crippen LogP contribution in [-0.2, 0) is 0 Å². The molecule has 0 unspecified atom stereocenters. The van der Waals surface area contributed by atoms with Gasteiger partial charge in [-0.3, -0.25) is 5.10 Å². The molecule has 4 aromatic rings. The quantitative estimate of drug-likeness (QED) is 0.605. The Morgan fingerprint density at radius 1 is 1.17 bits per heavy atom. The zero-order valence-corrected chi connectivity index (χ0v) is 12.9. The molecule has 3 aromatic heterocycles. The Morgan fingerprint density at radius 3 is 2.67 bits per heavy atom. The third-order valence-corrected chi connectivity index (χ3v) is 3.94. The van der Waals surface area contributed by atoms with Gasteiger partial charge in [-0.1, -0.05) is 0 Å². The van der Waals surface area contributed by atoms with Gasteiger partial charge in [-0.25, -0.2) is 4.98 Å². The number of H-pyrrole nitrogens is 2. The molecule has 116 valence electrons. The number of ether oxygens (including phenoxy) is 1. The van der Waals surface area contributed by atoms with Crippen molar-refractivity contribution in [2.24, 2.45) is 0 Å². The van der Waals surface area contributed by atoms with Crippen LogP contribution in [0.15, 0.2) is 48.8 Å². The van der Waals surface area contributed by atoms with Gasteiger partial charge in [-0.05, 0) is 36.4 Å². The highest BCUT2D eigenvalue weighted by Crippen LogP contribution is 2.35. The predicted molar refractivity (Wildman–Crippen MR) is 90.4 cm³/mol. The molecule has 4 rings (SSSR count). The standard InChI is InChI=1S/C18H13N5O/c1-24-12-6-4-11(5-7-12)17-13(9-19)16(15-3-2-8-20-15)14-10-21-23-18(14)22-17/h2-8,10,20H,1H3,(H,21,22,23). The molecule has 1 aromatic carbocycles. The van der Waals surface area contributed by atoms with E-state index in [1.165, 1.54) is 0 Å². The maximum atomic E-state index is 9.80. The minimum atomic E-state index is 0.511. The van der Waals surface area contributed by atoms with E-state index in [0.29, 0.717) is 16.9 Å². The molecule has 0 aliphatic rings. The van der Waals surface area contributed by atoms with Crippen LogP contribution < -0.4 is 4.74 Å². The molecule has 6 heteroatoms. The number of nitrogens with one attached hydrogen (secondary N) is 2. The molecule has 0 saturated heterocycles. The van der Waals surface area contributed by atoms with Crippen molar-refractivity contribution < 1.29 is 4.74 Å². The number of aromatic amines is 2. The molecule has 0 amide bonds. The minimum absolute atomic E-state index is 0.511. The van der Waals surface area contributed by atoms with Crippen LogP contribution in [-0.4, -0.2) is 27.3 Å². The molecule has 0 saturated carbocycles. The second kappa shape index (κ2) is 5.56. The van der Waals surface area contributed by atoms with E-state index >= 15 is 0 Å². The molecule has 0 aliphatic carbocycles. The number of aromatic nitrogens is 4. The highest BCUT2D eigenvalue weighted by Gasteiger charge is 2.19. The van der Waals surface area contributed by atoms with Gasteiger partial charge in [0.1, 0.15) is 11.8 Å². The smallest absolute Gasteiger partial charge is 0.156 e. The molecule has 0 fully saturated rings. The molecule has 3 heterocycles. The number of nitriles is 1. The molecule has 0 atom stereocenters. The lowest BCUT2D eigenvalue weighted by Crippen LogP contribution is -1.96. The summed E-state index contributed by atoms with van der Waals surface area (Å²) in [6.07, 6.45) is 3.52. The second-order valence-corrected chi connectivity index (χ2v) is 5.27. The number of methoxy groups -OCH3 is 1. The first-order chi connectivity index (χ1) is 11.8. The van der Waals surface area contributed by atoms with Crippen molar-refractivity contribution in [1.29, 1.82) is 5.26 Å². The summed E-state index contributed by atoms with van der Waals surface area (Å²) in [6.45, 7) is 0. The van der Waals surface area contributed by atoms with E-state index in [1.54, 1.807) is 13.3 Å². The zero-order valence-electron chi connectivity index (χ0n) is 12.9. The number of hydrogen-bond donors (Lipinski definition) is 2. The maximum absolute atomic E-state index is 9.80. The first kappa shape index (κ1) is 14.0. The molecular weight excluding hydrogens is 302 g/mol. The third kappa shape index (κ3) is 2.11. The number of nitrogens with zero attached hydrogens (tertiary/aromatic N) is 3. The highest BCUT2D eigenvalue weighted by molar-refractivity contribution is 5.98. The molecule has 24 heavy (non-hydrogen) atoms. The van der Waals surface area contributed by atoms with Gasteiger partial charge in [-0.2, -0.15) is 10.4 Å². The average Bonchev–Trinajstić information content (AvgIpc) is 3.31. The fraction of sp³-hybridized carbons (Fsp3) is 0.0556. The summed E-state index contributed by atoms with van der Waals surface area (Å²) in [5.74, 6) is 0.754. The van der Waals surface area contributed by atoms with Crippen LogP contribution in [0.4, 0.5) is 0 Å². The zero-order chi connectivity index (χ0) is 16.5. The van der Waals surface area contributed by atoms with Crippen molar-refractivity contribution in [2.75, 3.05) is 7.11 Å². The van der Waals surface area contributed by atoms with Crippen molar-refractivity contribution in [1.82, 2.24) is 20.2 Å². The summed E-state index contributed by atoms with van der Waals surface area (Å²) in [5, 5.41) is 17.6. The first-order valence-electron chi connectivity index (χ1n) is 7.37. The van der Waals surface area contributed by atoms with Crippen LogP contribution in [0.3, 0.4) is 0 Å². The highest BCUT2D eigenvalue weighted by atomic mass is 16.5. The number of benzene rings is 1. The number of hydrogen-bond acceptors (Lipinski definition) is 4. The van der Waals surface area contributed by atoms with E-state index in [2.05, 4.69) is 26.2 Å². The largest absolute Gasteiger partial charge is 0.497 e. The van der Waals surface area contributed by atoms with Crippen LogP contribution in [0.25, 0.3) is 33.5 Å². The van der Waals surface area contributed by atoms with Crippen molar-refractivity contribution in [2.45, 2.75) is 0 Å². The van der Waals surface area contributed by atoms with Crippen LogP contribution in [0.5, 0.6) is 5.75 Å². The summed E-state index contributed by atoms with van der Waals surface area (Å²) in [4.78, 5) is 7.77. The van der Waals surface area contributed by atoms with Crippen molar-refractivity contribution in [3.05, 3.63) is 54.4 Å². The van der Waals surface area contributed by atoms with Gasteiger partial charge in [-0.15, -0.1) is 0 Å². The molecular formula is C18H13N5O. The molecule has 0 aliphatic heterocycles. The maximum Gasteiger partial charge on any atom is 0.156 e. The van der Waals surface area contributed by atoms with Crippen LogP contribution in [0, 0.1) is 11.3 Å². The van der Waals surface area contributed by atoms with Crippen molar-refractivity contribution >= 4 is 11.0 Å². The van der Waals surface area contributed by atoms with Gasteiger partial charge in [0.2, 0.25) is 0 Å². The van der Waals surface area contributed by atoms with Crippen molar-refractivity contribution in [3.8, 4) is 34.3 Å². The summed E-state index contributed by atoms with van der Waals surface area (Å²) in [6, 6.07) is 13.6. The van der Waals surface area contributed by atoms with Crippen LogP contribution in [0.1, 0.15) is 5.56 Å². The Kier molecular flexibility index (Phi) is 3.25. The summed E-state index contributed by atoms with van der Waals surface area (Å²) in [7, 11) is 1.62. The van der Waals surface area contributed by atoms with Gasteiger partial charge in [0.25, 0.3) is 0 Å². The van der Waals surface area contributed by atoms with E-state index in [1.807, 2.05) is 42.6 Å². The van der Waals surface area contributed by atoms with Crippen LogP contribution >= 0.6 is 0 Å². The van der Waals surface area contributed by atoms with Gasteiger partial charge < -0.3 is 9.72 Å². The fourth-order valence-corrected chi connectivity index (χ4v) is 2.80. The molecule has 0 bridgehead atoms. The molecule has 0 radical (unpaired) electrons. The Hall–Kier alpha value is -3.59. The lowest BCUT2D eigenvalue weighted by molar-refractivity contribution is 0.415. The third-order valence-electron chi connectivity index (χ3n) is 3.94. The topological polar surface area (TPSA) is 90.4 Å². The lowest BCUT2D eigenvalue weighted by atomic mass is 9.97. The van der Waals surface area contributed by atoms with Crippen LogP contribution in [0.2, 0.25) is 0 Å². The molecule has 6 nitrogen and oxygen atoms in total. The first-order valence-corrected chi connectivity index (χ1v) is 7.37. The Bertz CT molecular complexity index is 1040. The Morgan fingerprint density at radius 2 is 2.00 bits per heavy atom. The van der Waals surface area contributed by atoms with Gasteiger partial charge >= 0.3 is 0 Å². The van der Waals surface area contributed by atoms with Gasteiger partial charge in [0, 0.05) is 28.4 Å². The van der Waals surface area contributed by atoms with Gasteiger partial charge in [0.15, 0.2) is 5.65 Å². The average molecular weight is 315 g/mol. The summed E-state index contributed by atoms with van der Waals surface area (Å²) >= 11 is 0. The van der Waals surface area contributed by atoms with E-state index in [9.17, 15) is 5.26 Å². The Balaban J connectivity index is 2.04. The van der Waals surface area contributed by atoms with E-state index in [4.69, 9.17) is 4.74 Å². The fourth-order valence-electron chi connectivity index (χ4n) is 2.80. The molecule has 0 spiro atoms. The number of rotatable bonds is 3. The van der Waals surface area contributed by atoms with Crippen molar-refractivity contribution in [3.63, 3.8) is 0 Å². The Labute approximate surface area is 137 Å². The predicted octanol–water partition coefficient (Wildman–Crippen LogP) is 3.50.